The molecular formula is C26H49NO3. The molecule has 1 unspecified atom stereocenters. The van der Waals surface area contributed by atoms with Crippen molar-refractivity contribution in [1.29, 1.82) is 0 Å². The van der Waals surface area contributed by atoms with E-state index in [9.17, 15) is 9.59 Å². The van der Waals surface area contributed by atoms with E-state index in [1.807, 2.05) is 13.8 Å². The first-order chi connectivity index (χ1) is 14.6. The van der Waals surface area contributed by atoms with Gasteiger partial charge in [0.25, 0.3) is 0 Å². The van der Waals surface area contributed by atoms with Crippen LogP contribution in [0.15, 0.2) is 12.2 Å². The molecule has 0 aliphatic rings. The lowest BCUT2D eigenvalue weighted by molar-refractivity contribution is -0.144. The molecule has 1 atom stereocenters. The molecule has 0 saturated heterocycles. The van der Waals surface area contributed by atoms with Crippen LogP contribution in [0.2, 0.25) is 0 Å². The fourth-order valence-electron chi connectivity index (χ4n) is 3.96. The van der Waals surface area contributed by atoms with Gasteiger partial charge in [0.15, 0.2) is 0 Å². The molecule has 0 rings (SSSR count). The maximum absolute atomic E-state index is 12.5. The molecule has 0 saturated carbocycles. The van der Waals surface area contributed by atoms with Crippen LogP contribution in [0.1, 0.15) is 124 Å². The largest absolute Gasteiger partial charge is 0.481 e. The number of carboxylic acids is 1. The molecule has 4 nitrogen and oxygen atoms in total. The summed E-state index contributed by atoms with van der Waals surface area (Å²) in [5.74, 6) is -1.26. The first-order valence-corrected chi connectivity index (χ1v) is 12.7. The van der Waals surface area contributed by atoms with E-state index in [-0.39, 0.29) is 18.2 Å². The number of aliphatic carboxylic acids is 1. The summed E-state index contributed by atoms with van der Waals surface area (Å²) < 4.78 is 0. The van der Waals surface area contributed by atoms with Crippen molar-refractivity contribution >= 4 is 11.9 Å². The zero-order valence-corrected chi connectivity index (χ0v) is 20.2. The lowest BCUT2D eigenvalue weighted by Gasteiger charge is -2.24. The average molecular weight is 424 g/mol. The van der Waals surface area contributed by atoms with E-state index in [4.69, 9.17) is 5.11 Å². The number of hydrogen-bond donors (Lipinski definition) is 1. The Labute approximate surface area is 186 Å². The third-order valence-electron chi connectivity index (χ3n) is 5.91. The highest BCUT2D eigenvalue weighted by molar-refractivity contribution is 5.83. The first kappa shape index (κ1) is 28.7. The Balaban J connectivity index is 3.73. The van der Waals surface area contributed by atoms with Crippen molar-refractivity contribution in [3.63, 3.8) is 0 Å². The minimum atomic E-state index is -0.878. The van der Waals surface area contributed by atoms with Gasteiger partial charge in [0.1, 0.15) is 0 Å². The molecule has 1 N–H and O–H groups in total. The average Bonchev–Trinajstić information content (AvgIpc) is 2.73. The van der Waals surface area contributed by atoms with Crippen molar-refractivity contribution in [2.75, 3.05) is 13.1 Å². The standard InChI is InChI=1S/C26H49NO3/c1-4-7-8-9-10-11-12-13-14-15-16-17-18-19-20-21-22-24(23-25(28)29)26(30)27(5-2)6-3/h17-18,24H,4-16,19-23H2,1-3H3,(H,28,29)/b18-17+. The summed E-state index contributed by atoms with van der Waals surface area (Å²) in [5.41, 5.74) is 0. The van der Waals surface area contributed by atoms with E-state index >= 15 is 0 Å². The molecule has 0 aliphatic heterocycles. The minimum Gasteiger partial charge on any atom is -0.481 e. The van der Waals surface area contributed by atoms with Gasteiger partial charge >= 0.3 is 5.97 Å². The lowest BCUT2D eigenvalue weighted by Crippen LogP contribution is -2.36. The zero-order chi connectivity index (χ0) is 22.5. The van der Waals surface area contributed by atoms with Crippen LogP contribution in [-0.2, 0) is 9.59 Å². The van der Waals surface area contributed by atoms with Crippen molar-refractivity contribution in [2.24, 2.45) is 5.92 Å². The number of carbonyl (C=O) groups excluding carboxylic acids is 1. The molecule has 0 aromatic heterocycles. The quantitative estimate of drug-likeness (QED) is 0.155. The smallest absolute Gasteiger partial charge is 0.304 e. The molecule has 0 aliphatic carbocycles. The van der Waals surface area contributed by atoms with Crippen molar-refractivity contribution in [3.05, 3.63) is 12.2 Å². The number of rotatable bonds is 21. The third-order valence-corrected chi connectivity index (χ3v) is 5.91. The second-order valence-electron chi connectivity index (χ2n) is 8.53. The predicted molar refractivity (Wildman–Crippen MR) is 128 cm³/mol. The van der Waals surface area contributed by atoms with Crippen LogP contribution in [0.3, 0.4) is 0 Å². The van der Waals surface area contributed by atoms with Crippen LogP contribution in [0.4, 0.5) is 0 Å². The molecule has 176 valence electrons. The van der Waals surface area contributed by atoms with Gasteiger partial charge in [-0.25, -0.2) is 0 Å². The summed E-state index contributed by atoms with van der Waals surface area (Å²) in [6, 6.07) is 0. The van der Waals surface area contributed by atoms with Gasteiger partial charge in [-0.15, -0.1) is 0 Å². The number of allylic oxidation sites excluding steroid dienone is 2. The van der Waals surface area contributed by atoms with Crippen molar-refractivity contribution in [1.82, 2.24) is 4.90 Å². The SMILES string of the molecule is CCCCCCCCCCCC/C=C/CCCCC(CC(=O)O)C(=O)N(CC)CC. The molecule has 0 radical (unpaired) electrons. The first-order valence-electron chi connectivity index (χ1n) is 12.7. The maximum Gasteiger partial charge on any atom is 0.304 e. The highest BCUT2D eigenvalue weighted by atomic mass is 16.4. The Bertz CT molecular complexity index is 444. The van der Waals surface area contributed by atoms with Crippen molar-refractivity contribution < 1.29 is 14.7 Å². The van der Waals surface area contributed by atoms with Crippen LogP contribution < -0.4 is 0 Å². The highest BCUT2D eigenvalue weighted by Gasteiger charge is 2.24. The van der Waals surface area contributed by atoms with Gasteiger partial charge in [-0.2, -0.15) is 0 Å². The minimum absolute atomic E-state index is 0.00102. The summed E-state index contributed by atoms with van der Waals surface area (Å²) in [7, 11) is 0. The van der Waals surface area contributed by atoms with Gasteiger partial charge in [0, 0.05) is 19.0 Å². The summed E-state index contributed by atoms with van der Waals surface area (Å²) in [6.45, 7) is 7.44. The predicted octanol–water partition coefficient (Wildman–Crippen LogP) is 7.37. The van der Waals surface area contributed by atoms with Crippen LogP contribution in [0, 0.1) is 5.92 Å². The van der Waals surface area contributed by atoms with E-state index in [0.29, 0.717) is 19.5 Å². The number of carboxylic acid groups (broad SMARTS) is 1. The fourth-order valence-corrected chi connectivity index (χ4v) is 3.96. The van der Waals surface area contributed by atoms with E-state index in [0.717, 1.165) is 19.3 Å². The normalized spacial score (nSPS) is 12.4. The summed E-state index contributed by atoms with van der Waals surface area (Å²) in [5, 5.41) is 9.11. The van der Waals surface area contributed by atoms with E-state index in [1.165, 1.54) is 70.6 Å². The Kier molecular flexibility index (Phi) is 20.0. The monoisotopic (exact) mass is 423 g/mol. The van der Waals surface area contributed by atoms with Gasteiger partial charge < -0.3 is 10.0 Å². The fraction of sp³-hybridized carbons (Fsp3) is 0.846. The summed E-state index contributed by atoms with van der Waals surface area (Å²) >= 11 is 0. The number of nitrogens with zero attached hydrogens (tertiary/aromatic N) is 1. The van der Waals surface area contributed by atoms with Crippen LogP contribution in [-0.4, -0.2) is 35.0 Å². The molecule has 0 spiro atoms. The molecule has 0 fully saturated rings. The molecule has 0 heterocycles. The second kappa shape index (κ2) is 20.9. The van der Waals surface area contributed by atoms with Gasteiger partial charge in [0.2, 0.25) is 5.91 Å². The maximum atomic E-state index is 12.5. The van der Waals surface area contributed by atoms with Crippen molar-refractivity contribution in [2.45, 2.75) is 124 Å². The highest BCUT2D eigenvalue weighted by Crippen LogP contribution is 2.18. The third kappa shape index (κ3) is 16.5. The van der Waals surface area contributed by atoms with Gasteiger partial charge in [-0.3, -0.25) is 9.59 Å². The van der Waals surface area contributed by atoms with E-state index < -0.39 is 5.97 Å². The van der Waals surface area contributed by atoms with Gasteiger partial charge in [-0.1, -0.05) is 83.3 Å². The molecule has 30 heavy (non-hydrogen) atoms. The van der Waals surface area contributed by atoms with Crippen molar-refractivity contribution in [3.8, 4) is 0 Å². The Morgan fingerprint density at radius 3 is 1.67 bits per heavy atom. The molecular weight excluding hydrogens is 374 g/mol. The summed E-state index contributed by atoms with van der Waals surface area (Å²) in [4.78, 5) is 25.3. The number of unbranched alkanes of at least 4 members (excludes halogenated alkanes) is 12. The number of carbonyl (C=O) groups is 2. The zero-order valence-electron chi connectivity index (χ0n) is 20.2. The van der Waals surface area contributed by atoms with E-state index in [2.05, 4.69) is 19.1 Å². The second-order valence-corrected chi connectivity index (χ2v) is 8.53. The number of amides is 1. The van der Waals surface area contributed by atoms with E-state index in [1.54, 1.807) is 4.90 Å². The lowest BCUT2D eigenvalue weighted by atomic mass is 9.96. The van der Waals surface area contributed by atoms with Crippen LogP contribution in [0.25, 0.3) is 0 Å². The molecule has 0 aromatic carbocycles. The molecule has 0 aromatic rings. The Morgan fingerprint density at radius 2 is 1.20 bits per heavy atom. The Hall–Kier alpha value is -1.32. The molecule has 0 bridgehead atoms. The van der Waals surface area contributed by atoms with Crippen LogP contribution in [0.5, 0.6) is 0 Å². The molecule has 1 amide bonds. The number of hydrogen-bond acceptors (Lipinski definition) is 2. The van der Waals surface area contributed by atoms with Gasteiger partial charge in [-0.05, 0) is 46.0 Å². The topological polar surface area (TPSA) is 57.6 Å². The summed E-state index contributed by atoms with van der Waals surface area (Å²) in [6.07, 6.45) is 23.0. The van der Waals surface area contributed by atoms with Crippen LogP contribution >= 0.6 is 0 Å². The van der Waals surface area contributed by atoms with Gasteiger partial charge in [0.05, 0.1) is 6.42 Å². The Morgan fingerprint density at radius 1 is 0.733 bits per heavy atom. The molecule has 4 heteroatoms.